The van der Waals surface area contributed by atoms with E-state index in [0.717, 1.165) is 22.9 Å². The Morgan fingerprint density at radius 1 is 1.35 bits per heavy atom. The summed E-state index contributed by atoms with van der Waals surface area (Å²) in [5.41, 5.74) is 2.36. The smallest absolute Gasteiger partial charge is 0.310 e. The number of hydrogen-bond donors (Lipinski definition) is 1. The molecule has 0 aliphatic heterocycles. The van der Waals surface area contributed by atoms with E-state index in [1.165, 1.54) is 5.56 Å². The molecule has 5 heteroatoms. The van der Waals surface area contributed by atoms with Crippen LogP contribution >= 0.6 is 15.9 Å². The normalized spacial score (nSPS) is 19.4. The number of halogens is 4. The van der Waals surface area contributed by atoms with E-state index in [1.54, 1.807) is 0 Å². The maximum absolute atomic E-state index is 12.0. The summed E-state index contributed by atoms with van der Waals surface area (Å²) in [6.07, 6.45) is -3.04. The average molecular weight is 308 g/mol. The van der Waals surface area contributed by atoms with Crippen LogP contribution in [-0.4, -0.2) is 12.7 Å². The van der Waals surface area contributed by atoms with Gasteiger partial charge < -0.3 is 5.32 Å². The SMILES string of the molecule is FC(F)(F)CCNC1CCc2cc(Br)ccc21. The van der Waals surface area contributed by atoms with Gasteiger partial charge in [0.15, 0.2) is 0 Å². The molecule has 0 saturated heterocycles. The molecule has 1 aliphatic carbocycles. The molecule has 17 heavy (non-hydrogen) atoms. The van der Waals surface area contributed by atoms with Crippen LogP contribution in [-0.2, 0) is 6.42 Å². The van der Waals surface area contributed by atoms with Gasteiger partial charge in [0.25, 0.3) is 0 Å². The van der Waals surface area contributed by atoms with Crippen LogP contribution in [0.1, 0.15) is 30.0 Å². The molecular weight excluding hydrogens is 295 g/mol. The van der Waals surface area contributed by atoms with Gasteiger partial charge >= 0.3 is 6.18 Å². The minimum absolute atomic E-state index is 0.0102. The first-order chi connectivity index (χ1) is 7.96. The van der Waals surface area contributed by atoms with Crippen molar-refractivity contribution in [1.82, 2.24) is 5.32 Å². The second-order valence-corrected chi connectivity index (χ2v) is 5.17. The fourth-order valence-corrected chi connectivity index (χ4v) is 2.59. The molecule has 0 spiro atoms. The molecule has 1 aliphatic rings. The van der Waals surface area contributed by atoms with Gasteiger partial charge in [0.1, 0.15) is 0 Å². The Bertz CT molecular complexity index is 403. The first-order valence-electron chi connectivity index (χ1n) is 5.54. The lowest BCUT2D eigenvalue weighted by atomic mass is 10.1. The van der Waals surface area contributed by atoms with Gasteiger partial charge in [-0.1, -0.05) is 22.0 Å². The van der Waals surface area contributed by atoms with E-state index in [0.29, 0.717) is 0 Å². The molecule has 94 valence electrons. The van der Waals surface area contributed by atoms with Gasteiger partial charge in [0.05, 0.1) is 6.42 Å². The van der Waals surface area contributed by atoms with Gasteiger partial charge in [0.2, 0.25) is 0 Å². The molecule has 0 aromatic heterocycles. The zero-order valence-electron chi connectivity index (χ0n) is 9.15. The third-order valence-corrected chi connectivity index (χ3v) is 3.48. The van der Waals surface area contributed by atoms with Crippen molar-refractivity contribution in [3.05, 3.63) is 33.8 Å². The Morgan fingerprint density at radius 3 is 2.82 bits per heavy atom. The summed E-state index contributed by atoms with van der Waals surface area (Å²) in [5.74, 6) is 0. The Kier molecular flexibility index (Phi) is 3.78. The van der Waals surface area contributed by atoms with Crippen molar-refractivity contribution in [2.75, 3.05) is 6.54 Å². The molecule has 0 fully saturated rings. The van der Waals surface area contributed by atoms with Crippen molar-refractivity contribution >= 4 is 15.9 Å². The van der Waals surface area contributed by atoms with E-state index in [-0.39, 0.29) is 12.6 Å². The molecule has 0 radical (unpaired) electrons. The van der Waals surface area contributed by atoms with Gasteiger partial charge in [-0.2, -0.15) is 13.2 Å². The van der Waals surface area contributed by atoms with Crippen molar-refractivity contribution in [3.8, 4) is 0 Å². The standard InChI is InChI=1S/C12H13BrF3N/c13-9-2-3-10-8(7-9)1-4-11(10)17-6-5-12(14,15)16/h2-3,7,11,17H,1,4-6H2. The predicted octanol–water partition coefficient (Wildman–Crippen LogP) is 3.98. The van der Waals surface area contributed by atoms with Gasteiger partial charge in [-0.15, -0.1) is 0 Å². The van der Waals surface area contributed by atoms with Crippen LogP contribution in [0.2, 0.25) is 0 Å². The summed E-state index contributed by atoms with van der Waals surface area (Å²) in [7, 11) is 0. The van der Waals surface area contributed by atoms with Gasteiger partial charge in [0, 0.05) is 17.1 Å². The molecule has 1 N–H and O–H groups in total. The number of alkyl halides is 3. The number of aryl methyl sites for hydroxylation is 1. The summed E-state index contributed by atoms with van der Waals surface area (Å²) in [6, 6.07) is 6.03. The molecule has 0 heterocycles. The van der Waals surface area contributed by atoms with Gasteiger partial charge in [-0.05, 0) is 36.1 Å². The second kappa shape index (κ2) is 4.98. The highest BCUT2D eigenvalue weighted by atomic mass is 79.9. The van der Waals surface area contributed by atoms with Crippen LogP contribution < -0.4 is 5.32 Å². The highest BCUT2D eigenvalue weighted by Crippen LogP contribution is 2.33. The number of rotatable bonds is 3. The summed E-state index contributed by atoms with van der Waals surface area (Å²) in [6.45, 7) is -0.0102. The van der Waals surface area contributed by atoms with E-state index in [2.05, 4.69) is 21.2 Å². The zero-order chi connectivity index (χ0) is 12.5. The second-order valence-electron chi connectivity index (χ2n) is 4.25. The first-order valence-corrected chi connectivity index (χ1v) is 6.33. The molecule has 1 aromatic carbocycles. The quantitative estimate of drug-likeness (QED) is 0.890. The zero-order valence-corrected chi connectivity index (χ0v) is 10.7. The monoisotopic (exact) mass is 307 g/mol. The van der Waals surface area contributed by atoms with Crippen molar-refractivity contribution in [2.24, 2.45) is 0 Å². The number of fused-ring (bicyclic) bond motifs is 1. The molecule has 0 amide bonds. The van der Waals surface area contributed by atoms with Gasteiger partial charge in [-0.25, -0.2) is 0 Å². The van der Waals surface area contributed by atoms with E-state index in [4.69, 9.17) is 0 Å². The molecule has 1 atom stereocenters. The van der Waals surface area contributed by atoms with Crippen molar-refractivity contribution in [1.29, 1.82) is 0 Å². The number of benzene rings is 1. The van der Waals surface area contributed by atoms with Crippen LogP contribution in [0, 0.1) is 0 Å². The van der Waals surface area contributed by atoms with Crippen LogP contribution in [0.25, 0.3) is 0 Å². The Balaban J connectivity index is 1.94. The maximum Gasteiger partial charge on any atom is 0.390 e. The summed E-state index contributed by atoms with van der Waals surface area (Å²) in [4.78, 5) is 0. The van der Waals surface area contributed by atoms with Crippen molar-refractivity contribution in [2.45, 2.75) is 31.5 Å². The van der Waals surface area contributed by atoms with Crippen LogP contribution in [0.3, 0.4) is 0 Å². The van der Waals surface area contributed by atoms with Crippen LogP contribution in [0.4, 0.5) is 13.2 Å². The lowest BCUT2D eigenvalue weighted by Crippen LogP contribution is -2.24. The van der Waals surface area contributed by atoms with Crippen molar-refractivity contribution < 1.29 is 13.2 Å². The molecule has 0 bridgehead atoms. The van der Waals surface area contributed by atoms with Crippen molar-refractivity contribution in [3.63, 3.8) is 0 Å². The minimum atomic E-state index is -4.08. The van der Waals surface area contributed by atoms with Crippen LogP contribution in [0.15, 0.2) is 22.7 Å². The third-order valence-electron chi connectivity index (χ3n) is 2.98. The molecular formula is C12H13BrF3N. The fraction of sp³-hybridized carbons (Fsp3) is 0.500. The summed E-state index contributed by atoms with van der Waals surface area (Å²) < 4.78 is 37.1. The molecule has 1 nitrogen and oxygen atoms in total. The minimum Gasteiger partial charge on any atom is -0.310 e. The van der Waals surface area contributed by atoms with E-state index >= 15 is 0 Å². The molecule has 2 rings (SSSR count). The summed E-state index contributed by atoms with van der Waals surface area (Å²) in [5, 5.41) is 2.98. The topological polar surface area (TPSA) is 12.0 Å². The highest BCUT2D eigenvalue weighted by Gasteiger charge is 2.28. The average Bonchev–Trinajstić information content (AvgIpc) is 2.59. The summed E-state index contributed by atoms with van der Waals surface area (Å²) >= 11 is 3.39. The predicted molar refractivity (Wildman–Crippen MR) is 63.9 cm³/mol. The third kappa shape index (κ3) is 3.45. The van der Waals surface area contributed by atoms with Crippen LogP contribution in [0.5, 0.6) is 0 Å². The first kappa shape index (κ1) is 12.9. The Labute approximate surface area is 107 Å². The number of nitrogens with one attached hydrogen (secondary N) is 1. The maximum atomic E-state index is 12.0. The highest BCUT2D eigenvalue weighted by molar-refractivity contribution is 9.10. The number of hydrogen-bond acceptors (Lipinski definition) is 1. The Morgan fingerprint density at radius 2 is 2.12 bits per heavy atom. The lowest BCUT2D eigenvalue weighted by molar-refractivity contribution is -0.133. The molecule has 1 unspecified atom stereocenters. The fourth-order valence-electron chi connectivity index (χ4n) is 2.19. The Hall–Kier alpha value is -0.550. The molecule has 0 saturated carbocycles. The lowest BCUT2D eigenvalue weighted by Gasteiger charge is -2.15. The van der Waals surface area contributed by atoms with E-state index in [9.17, 15) is 13.2 Å². The molecule has 1 aromatic rings. The van der Waals surface area contributed by atoms with E-state index in [1.807, 2.05) is 18.2 Å². The largest absolute Gasteiger partial charge is 0.390 e. The van der Waals surface area contributed by atoms with Gasteiger partial charge in [-0.3, -0.25) is 0 Å². The van der Waals surface area contributed by atoms with E-state index < -0.39 is 12.6 Å².